The predicted octanol–water partition coefficient (Wildman–Crippen LogP) is 5.59. The van der Waals surface area contributed by atoms with Gasteiger partial charge < -0.3 is 9.13 Å². The lowest BCUT2D eigenvalue weighted by Crippen LogP contribution is -1.90. The third-order valence-electron chi connectivity index (χ3n) is 5.57. The van der Waals surface area contributed by atoms with Crippen LogP contribution < -0.4 is 0 Å². The van der Waals surface area contributed by atoms with Gasteiger partial charge in [-0.25, -0.2) is 0 Å². The Kier molecular flexibility index (Phi) is 2.52. The molecule has 2 heterocycles. The van der Waals surface area contributed by atoms with E-state index in [-0.39, 0.29) is 0 Å². The molecular formula is C22H20N2. The Morgan fingerprint density at radius 3 is 1.42 bits per heavy atom. The van der Waals surface area contributed by atoms with Crippen LogP contribution in [0.25, 0.3) is 43.6 Å². The van der Waals surface area contributed by atoms with Crippen molar-refractivity contribution in [3.63, 3.8) is 0 Å². The first kappa shape index (κ1) is 13.7. The van der Waals surface area contributed by atoms with Gasteiger partial charge >= 0.3 is 0 Å². The minimum absolute atomic E-state index is 1.31. The maximum atomic E-state index is 2.34. The normalized spacial score (nSPS) is 12.2. The van der Waals surface area contributed by atoms with Crippen molar-refractivity contribution in [3.05, 3.63) is 59.7 Å². The molecule has 0 amide bonds. The Balaban J connectivity index is 2.21. The van der Waals surface area contributed by atoms with Crippen molar-refractivity contribution in [3.8, 4) is 0 Å². The molecule has 5 aromatic rings. The van der Waals surface area contributed by atoms with Crippen molar-refractivity contribution >= 4 is 43.6 Å². The number of para-hydroxylation sites is 2. The molecule has 24 heavy (non-hydrogen) atoms. The number of benzene rings is 3. The number of nitrogens with zero attached hydrogens (tertiary/aromatic N) is 2. The Hall–Kier alpha value is -2.74. The summed E-state index contributed by atoms with van der Waals surface area (Å²) in [5.41, 5.74) is 7.95. The third-order valence-corrected chi connectivity index (χ3v) is 5.57. The molecule has 3 aromatic carbocycles. The van der Waals surface area contributed by atoms with Gasteiger partial charge in [-0.2, -0.15) is 0 Å². The van der Waals surface area contributed by atoms with Crippen LogP contribution in [-0.2, 0) is 14.1 Å². The second-order valence-electron chi connectivity index (χ2n) is 6.91. The smallest absolute Gasteiger partial charge is 0.0518 e. The van der Waals surface area contributed by atoms with Crippen molar-refractivity contribution in [1.29, 1.82) is 0 Å². The summed E-state index contributed by atoms with van der Waals surface area (Å²) < 4.78 is 4.68. The zero-order valence-corrected chi connectivity index (χ0v) is 14.5. The van der Waals surface area contributed by atoms with E-state index >= 15 is 0 Å². The van der Waals surface area contributed by atoms with Crippen molar-refractivity contribution < 1.29 is 0 Å². The van der Waals surface area contributed by atoms with Gasteiger partial charge in [0.05, 0.1) is 11.0 Å². The van der Waals surface area contributed by atoms with Gasteiger partial charge in [-0.15, -0.1) is 0 Å². The van der Waals surface area contributed by atoms with Gasteiger partial charge in [0, 0.05) is 46.7 Å². The fourth-order valence-corrected chi connectivity index (χ4v) is 4.54. The van der Waals surface area contributed by atoms with Gasteiger partial charge in [-0.1, -0.05) is 36.4 Å². The van der Waals surface area contributed by atoms with Crippen LogP contribution in [0.3, 0.4) is 0 Å². The molecular weight excluding hydrogens is 292 g/mol. The van der Waals surface area contributed by atoms with E-state index in [2.05, 4.69) is 85.6 Å². The molecule has 0 aliphatic rings. The number of aromatic nitrogens is 2. The van der Waals surface area contributed by atoms with Crippen LogP contribution in [-0.4, -0.2) is 9.13 Å². The largest absolute Gasteiger partial charge is 0.343 e. The summed E-state index contributed by atoms with van der Waals surface area (Å²) in [5.74, 6) is 0. The van der Waals surface area contributed by atoms with Crippen LogP contribution in [0.2, 0.25) is 0 Å². The Bertz CT molecular complexity index is 1180. The topological polar surface area (TPSA) is 9.86 Å². The van der Waals surface area contributed by atoms with E-state index in [1.165, 1.54) is 54.7 Å². The molecule has 0 unspecified atom stereocenters. The molecule has 0 fully saturated rings. The van der Waals surface area contributed by atoms with Gasteiger partial charge in [0.1, 0.15) is 0 Å². The van der Waals surface area contributed by atoms with Crippen molar-refractivity contribution in [2.24, 2.45) is 14.1 Å². The highest BCUT2D eigenvalue weighted by Crippen LogP contribution is 2.40. The molecule has 0 spiro atoms. The number of hydrogen-bond acceptors (Lipinski definition) is 0. The van der Waals surface area contributed by atoms with Gasteiger partial charge in [0.25, 0.3) is 0 Å². The summed E-state index contributed by atoms with van der Waals surface area (Å²) in [4.78, 5) is 0. The van der Waals surface area contributed by atoms with Crippen molar-refractivity contribution in [1.82, 2.24) is 9.13 Å². The van der Waals surface area contributed by atoms with E-state index in [0.717, 1.165) is 0 Å². The minimum atomic E-state index is 1.31. The van der Waals surface area contributed by atoms with E-state index in [0.29, 0.717) is 0 Å². The molecule has 0 bridgehead atoms. The number of aryl methyl sites for hydroxylation is 4. The average Bonchev–Trinajstić information content (AvgIpc) is 3.03. The lowest BCUT2D eigenvalue weighted by molar-refractivity contribution is 1.00. The zero-order chi connectivity index (χ0) is 16.6. The molecule has 0 aliphatic heterocycles. The van der Waals surface area contributed by atoms with Crippen LogP contribution in [0.4, 0.5) is 0 Å². The third kappa shape index (κ3) is 1.46. The van der Waals surface area contributed by atoms with E-state index in [1.54, 1.807) is 0 Å². The van der Waals surface area contributed by atoms with Gasteiger partial charge in [-0.05, 0) is 37.1 Å². The molecule has 0 atom stereocenters. The highest BCUT2D eigenvalue weighted by atomic mass is 15.0. The molecule has 2 aromatic heterocycles. The zero-order valence-electron chi connectivity index (χ0n) is 14.5. The Morgan fingerprint density at radius 2 is 1.00 bits per heavy atom. The average molecular weight is 312 g/mol. The van der Waals surface area contributed by atoms with Gasteiger partial charge in [0.15, 0.2) is 0 Å². The highest BCUT2D eigenvalue weighted by Gasteiger charge is 2.17. The minimum Gasteiger partial charge on any atom is -0.343 e. The summed E-state index contributed by atoms with van der Waals surface area (Å²) in [6.45, 7) is 4.40. The molecule has 0 saturated carbocycles. The van der Waals surface area contributed by atoms with Crippen LogP contribution in [0, 0.1) is 13.8 Å². The molecule has 0 saturated heterocycles. The van der Waals surface area contributed by atoms with E-state index in [4.69, 9.17) is 0 Å². The first-order chi connectivity index (χ1) is 11.6. The molecule has 0 aliphatic carbocycles. The lowest BCUT2D eigenvalue weighted by Gasteiger charge is -2.01. The second-order valence-corrected chi connectivity index (χ2v) is 6.91. The quantitative estimate of drug-likeness (QED) is 0.352. The van der Waals surface area contributed by atoms with Crippen LogP contribution >= 0.6 is 0 Å². The van der Waals surface area contributed by atoms with Crippen molar-refractivity contribution in [2.75, 3.05) is 0 Å². The summed E-state index contributed by atoms with van der Waals surface area (Å²) >= 11 is 0. The predicted molar refractivity (Wildman–Crippen MR) is 104 cm³/mol. The molecule has 0 N–H and O–H groups in total. The first-order valence-corrected chi connectivity index (χ1v) is 8.44. The lowest BCUT2D eigenvalue weighted by atomic mass is 10.0. The summed E-state index contributed by atoms with van der Waals surface area (Å²) in [6, 6.07) is 17.8. The van der Waals surface area contributed by atoms with Crippen LogP contribution in [0.5, 0.6) is 0 Å². The Labute approximate surface area is 140 Å². The fourth-order valence-electron chi connectivity index (χ4n) is 4.54. The monoisotopic (exact) mass is 312 g/mol. The summed E-state index contributed by atoms with van der Waals surface area (Å²) in [7, 11) is 4.36. The number of hydrogen-bond donors (Lipinski definition) is 0. The van der Waals surface area contributed by atoms with Crippen LogP contribution in [0.15, 0.2) is 48.5 Å². The number of fused-ring (bicyclic) bond motifs is 7. The van der Waals surface area contributed by atoms with Gasteiger partial charge in [0.2, 0.25) is 0 Å². The van der Waals surface area contributed by atoms with Gasteiger partial charge in [-0.3, -0.25) is 0 Å². The molecule has 2 nitrogen and oxygen atoms in total. The van der Waals surface area contributed by atoms with E-state index in [9.17, 15) is 0 Å². The van der Waals surface area contributed by atoms with E-state index < -0.39 is 0 Å². The molecule has 118 valence electrons. The summed E-state index contributed by atoms with van der Waals surface area (Å²) in [6.07, 6.45) is 0. The number of rotatable bonds is 0. The Morgan fingerprint density at radius 1 is 0.583 bits per heavy atom. The molecule has 2 heteroatoms. The maximum absolute atomic E-state index is 2.34. The van der Waals surface area contributed by atoms with Crippen molar-refractivity contribution in [2.45, 2.75) is 13.8 Å². The molecule has 0 radical (unpaired) electrons. The van der Waals surface area contributed by atoms with Crippen LogP contribution in [0.1, 0.15) is 11.1 Å². The summed E-state index contributed by atoms with van der Waals surface area (Å²) in [5, 5.41) is 5.47. The highest BCUT2D eigenvalue weighted by molar-refractivity contribution is 6.28. The standard InChI is InChI=1S/C22H20N2/c1-13-7-5-9-15-19-17(23(3)21(13)15)11-12-18-20(19)16-10-6-8-14(2)22(16)24(18)4/h5-12H,1-4H3. The fraction of sp³-hybridized carbons (Fsp3) is 0.182. The molecule has 5 rings (SSSR count). The SMILES string of the molecule is Cc1cccc2c3c4c5cccc(C)c5n(C)c4ccc3n(C)c12. The second kappa shape index (κ2) is 4.41. The van der Waals surface area contributed by atoms with E-state index in [1.807, 2.05) is 0 Å². The first-order valence-electron chi connectivity index (χ1n) is 8.44. The maximum Gasteiger partial charge on any atom is 0.0518 e.